The molecule has 0 unspecified atom stereocenters. The fourth-order valence-corrected chi connectivity index (χ4v) is 0.742. The average molecular weight is 143 g/mol. The quantitative estimate of drug-likeness (QED) is 0.558. The minimum absolute atomic E-state index is 0.365. The predicted molar refractivity (Wildman–Crippen MR) is 39.8 cm³/mol. The minimum atomic E-state index is -0.512. The van der Waals surface area contributed by atoms with E-state index < -0.39 is 5.78 Å². The number of carbonyl (C=O) groups is 1. The Morgan fingerprint density at radius 2 is 2.27 bits per heavy atom. The maximum atomic E-state index is 10.6. The number of hydrogen-bond donors (Lipinski definition) is 0. The summed E-state index contributed by atoms with van der Waals surface area (Å²) in [7, 11) is 0. The van der Waals surface area contributed by atoms with Gasteiger partial charge in [-0.1, -0.05) is 12.1 Å². The Bertz CT molecular complexity index is 323. The largest absolute Gasteiger partial charge is 0.294 e. The summed E-state index contributed by atoms with van der Waals surface area (Å²) in [5, 5.41) is 8.44. The van der Waals surface area contributed by atoms with Gasteiger partial charge in [0.05, 0.1) is 11.6 Å². The molecular formula is C9H5NO. The van der Waals surface area contributed by atoms with Crippen LogP contribution in [0.5, 0.6) is 0 Å². The molecule has 11 heavy (non-hydrogen) atoms. The molecule has 1 aromatic carbocycles. The number of nitriles is 1. The molecule has 1 aromatic rings. The van der Waals surface area contributed by atoms with Gasteiger partial charge in [-0.2, -0.15) is 5.26 Å². The molecule has 0 saturated carbocycles. The Morgan fingerprint density at radius 1 is 1.55 bits per heavy atom. The van der Waals surface area contributed by atoms with Crippen LogP contribution in [-0.4, -0.2) is 5.78 Å². The molecule has 0 amide bonds. The summed E-state index contributed by atoms with van der Waals surface area (Å²) in [5.74, 6) is -0.512. The third-order valence-electron chi connectivity index (χ3n) is 1.28. The van der Waals surface area contributed by atoms with E-state index in [-0.39, 0.29) is 0 Å². The molecule has 2 nitrogen and oxygen atoms in total. The summed E-state index contributed by atoms with van der Waals surface area (Å²) in [6.07, 6.45) is 0. The molecule has 2 radical (unpaired) electrons. The van der Waals surface area contributed by atoms with Crippen LogP contribution in [0.15, 0.2) is 24.3 Å². The van der Waals surface area contributed by atoms with Crippen molar-refractivity contribution in [3.63, 3.8) is 0 Å². The summed E-state index contributed by atoms with van der Waals surface area (Å²) < 4.78 is 0. The Kier molecular flexibility index (Phi) is 2.03. The van der Waals surface area contributed by atoms with Gasteiger partial charge in [0.1, 0.15) is 0 Å². The third kappa shape index (κ3) is 1.65. The Labute approximate surface area is 65.1 Å². The highest BCUT2D eigenvalue weighted by Gasteiger charge is 1.98. The van der Waals surface area contributed by atoms with Crippen LogP contribution in [0.1, 0.15) is 15.9 Å². The third-order valence-corrected chi connectivity index (χ3v) is 1.28. The van der Waals surface area contributed by atoms with E-state index in [4.69, 9.17) is 12.2 Å². The van der Waals surface area contributed by atoms with E-state index in [0.29, 0.717) is 11.1 Å². The number of nitrogens with zero attached hydrogens (tertiary/aromatic N) is 1. The lowest BCUT2D eigenvalue weighted by Crippen LogP contribution is -1.91. The molecule has 0 aliphatic heterocycles. The van der Waals surface area contributed by atoms with Crippen LogP contribution in [0.3, 0.4) is 0 Å². The molecule has 0 heterocycles. The predicted octanol–water partition coefficient (Wildman–Crippen LogP) is 1.45. The van der Waals surface area contributed by atoms with E-state index in [2.05, 4.69) is 0 Å². The van der Waals surface area contributed by atoms with Gasteiger partial charge in [-0.25, -0.2) is 0 Å². The number of Topliss-reactive ketones (excluding diaryl/α,β-unsaturated/α-hetero) is 1. The monoisotopic (exact) mass is 143 g/mol. The molecule has 0 fully saturated rings. The van der Waals surface area contributed by atoms with Crippen molar-refractivity contribution in [3.8, 4) is 6.07 Å². The first-order valence-corrected chi connectivity index (χ1v) is 3.04. The Morgan fingerprint density at radius 3 is 2.82 bits per heavy atom. The first kappa shape index (κ1) is 7.49. The fraction of sp³-hybridized carbons (Fsp3) is 0. The van der Waals surface area contributed by atoms with Gasteiger partial charge in [-0.15, -0.1) is 0 Å². The van der Waals surface area contributed by atoms with Crippen molar-refractivity contribution < 1.29 is 4.79 Å². The Hall–Kier alpha value is -1.62. The SMILES string of the molecule is [CH]C(=O)c1cccc(C#N)c1. The summed E-state index contributed by atoms with van der Waals surface area (Å²) in [4.78, 5) is 10.6. The normalized spacial score (nSPS) is 8.73. The van der Waals surface area contributed by atoms with Crippen molar-refractivity contribution in [2.24, 2.45) is 0 Å². The van der Waals surface area contributed by atoms with E-state index in [1.807, 2.05) is 6.07 Å². The zero-order valence-corrected chi connectivity index (χ0v) is 5.74. The summed E-state index contributed by atoms with van der Waals surface area (Å²) in [5.41, 5.74) is 0.811. The zero-order chi connectivity index (χ0) is 8.27. The highest BCUT2D eigenvalue weighted by Crippen LogP contribution is 2.03. The zero-order valence-electron chi connectivity index (χ0n) is 5.74. The lowest BCUT2D eigenvalue weighted by atomic mass is 10.1. The van der Waals surface area contributed by atoms with Crippen LogP contribution in [0.2, 0.25) is 0 Å². The van der Waals surface area contributed by atoms with Crippen LogP contribution in [0, 0.1) is 18.3 Å². The molecule has 52 valence electrons. The van der Waals surface area contributed by atoms with Crippen LogP contribution in [-0.2, 0) is 0 Å². The second-order valence-electron chi connectivity index (χ2n) is 2.06. The molecule has 2 heteroatoms. The molecule has 0 N–H and O–H groups in total. The molecule has 0 spiro atoms. The highest BCUT2D eigenvalue weighted by atomic mass is 16.1. The molecular weight excluding hydrogens is 138 g/mol. The number of hydrogen-bond acceptors (Lipinski definition) is 2. The molecule has 0 aliphatic carbocycles. The molecule has 0 bridgehead atoms. The van der Waals surface area contributed by atoms with Crippen LogP contribution >= 0.6 is 0 Å². The van der Waals surface area contributed by atoms with Gasteiger partial charge >= 0.3 is 0 Å². The van der Waals surface area contributed by atoms with Gasteiger partial charge in [0.25, 0.3) is 0 Å². The number of carbonyl (C=O) groups excluding carboxylic acids is 1. The maximum absolute atomic E-state index is 10.6. The molecule has 0 aromatic heterocycles. The summed E-state index contributed by atoms with van der Waals surface area (Å²) in [6.45, 7) is 4.99. The topological polar surface area (TPSA) is 40.9 Å². The fourth-order valence-electron chi connectivity index (χ4n) is 0.742. The standard InChI is InChI=1S/C9H5NO/c1-7(11)9-4-2-3-8(5-9)6-10/h1-5H. The average Bonchev–Trinajstić information content (AvgIpc) is 2.05. The first-order chi connectivity index (χ1) is 5.24. The number of benzene rings is 1. The highest BCUT2D eigenvalue weighted by molar-refractivity contribution is 5.99. The van der Waals surface area contributed by atoms with Crippen molar-refractivity contribution in [1.29, 1.82) is 5.26 Å². The van der Waals surface area contributed by atoms with Gasteiger partial charge in [0.2, 0.25) is 0 Å². The van der Waals surface area contributed by atoms with Crippen LogP contribution in [0.25, 0.3) is 0 Å². The van der Waals surface area contributed by atoms with Crippen molar-refractivity contribution >= 4 is 5.78 Å². The van der Waals surface area contributed by atoms with E-state index in [0.717, 1.165) is 0 Å². The second kappa shape index (κ2) is 2.98. The smallest absolute Gasteiger partial charge is 0.167 e. The minimum Gasteiger partial charge on any atom is -0.294 e. The lowest BCUT2D eigenvalue weighted by Gasteiger charge is -1.92. The van der Waals surface area contributed by atoms with E-state index >= 15 is 0 Å². The van der Waals surface area contributed by atoms with Gasteiger partial charge in [0, 0.05) is 12.5 Å². The second-order valence-corrected chi connectivity index (χ2v) is 2.06. The number of rotatable bonds is 1. The Balaban J connectivity index is 3.13. The van der Waals surface area contributed by atoms with Gasteiger partial charge in [-0.3, -0.25) is 4.79 Å². The van der Waals surface area contributed by atoms with E-state index in [1.54, 1.807) is 18.2 Å². The van der Waals surface area contributed by atoms with Crippen molar-refractivity contribution in [2.45, 2.75) is 0 Å². The lowest BCUT2D eigenvalue weighted by molar-refractivity contribution is 0.104. The molecule has 1 rings (SSSR count). The van der Waals surface area contributed by atoms with Crippen molar-refractivity contribution in [2.75, 3.05) is 0 Å². The van der Waals surface area contributed by atoms with Crippen molar-refractivity contribution in [1.82, 2.24) is 0 Å². The van der Waals surface area contributed by atoms with Crippen LogP contribution in [0.4, 0.5) is 0 Å². The van der Waals surface area contributed by atoms with Gasteiger partial charge in [-0.05, 0) is 12.1 Å². The summed E-state index contributed by atoms with van der Waals surface area (Å²) in [6, 6.07) is 8.19. The maximum Gasteiger partial charge on any atom is 0.167 e. The van der Waals surface area contributed by atoms with Gasteiger partial charge in [0.15, 0.2) is 5.78 Å². The van der Waals surface area contributed by atoms with E-state index in [9.17, 15) is 4.79 Å². The summed E-state index contributed by atoms with van der Waals surface area (Å²) >= 11 is 0. The van der Waals surface area contributed by atoms with E-state index in [1.165, 1.54) is 6.07 Å². The number of ketones is 1. The van der Waals surface area contributed by atoms with Gasteiger partial charge < -0.3 is 0 Å². The molecule has 0 saturated heterocycles. The molecule has 0 aliphatic rings. The molecule has 0 atom stereocenters. The first-order valence-electron chi connectivity index (χ1n) is 3.04. The van der Waals surface area contributed by atoms with Crippen LogP contribution < -0.4 is 0 Å². The van der Waals surface area contributed by atoms with Crippen molar-refractivity contribution in [3.05, 3.63) is 42.3 Å².